The number of unbranched alkanes of at least 4 members (excludes halogenated alkanes) is 1. The van der Waals surface area contributed by atoms with E-state index in [1.54, 1.807) is 0 Å². The molecule has 0 bridgehead atoms. The number of nitrogens with zero attached hydrogens (tertiary/aromatic N) is 2. The third kappa shape index (κ3) is 10.2. The average molecular weight is 685 g/mol. The van der Waals surface area contributed by atoms with Crippen molar-refractivity contribution in [3.63, 3.8) is 0 Å². The molecule has 208 valence electrons. The summed E-state index contributed by atoms with van der Waals surface area (Å²) in [6, 6.07) is 17.8. The number of benzene rings is 3. The van der Waals surface area contributed by atoms with Crippen LogP contribution in [-0.2, 0) is 17.3 Å². The first-order valence-corrected chi connectivity index (χ1v) is 18.2. The Hall–Kier alpha value is -1.55. The van der Waals surface area contributed by atoms with Gasteiger partial charge in [0.2, 0.25) is 0 Å². The summed E-state index contributed by atoms with van der Waals surface area (Å²) in [5, 5.41) is 0. The van der Waals surface area contributed by atoms with Gasteiger partial charge in [0.05, 0.1) is 22.8 Å². The second-order valence-corrected chi connectivity index (χ2v) is 15.2. The monoisotopic (exact) mass is 682 g/mol. The van der Waals surface area contributed by atoms with E-state index in [0.717, 1.165) is 54.9 Å². The molecule has 0 aromatic heterocycles. The van der Waals surface area contributed by atoms with Crippen LogP contribution in [0.4, 0.5) is 11.4 Å². The Morgan fingerprint density at radius 2 is 1.05 bits per heavy atom. The van der Waals surface area contributed by atoms with Crippen molar-refractivity contribution >= 4 is 51.2 Å². The fraction of sp³-hybridized carbons (Fsp3) is 0.394. The molecule has 0 saturated heterocycles. The van der Waals surface area contributed by atoms with Gasteiger partial charge in [-0.2, -0.15) is 0 Å². The van der Waals surface area contributed by atoms with Gasteiger partial charge in [-0.15, -0.1) is 0 Å². The molecule has 3 rings (SSSR count). The predicted octanol–water partition coefficient (Wildman–Crippen LogP) is 11.2. The molecule has 3 aromatic carbocycles. The number of hydrogen-bond donors (Lipinski definition) is 0. The van der Waals surface area contributed by atoms with E-state index in [9.17, 15) is 0 Å². The summed E-state index contributed by atoms with van der Waals surface area (Å²) in [5.41, 5.74) is 14.7. The van der Waals surface area contributed by atoms with E-state index < -0.39 is 0 Å². The molecule has 5 heteroatoms. The Bertz CT molecular complexity index is 1210. The third-order valence-corrected chi connectivity index (χ3v) is 6.68. The van der Waals surface area contributed by atoms with Crippen LogP contribution in [0.5, 0.6) is 0 Å². The van der Waals surface area contributed by atoms with Crippen LogP contribution in [0.25, 0.3) is 0 Å². The third-order valence-electron chi connectivity index (χ3n) is 6.68. The number of halogens is 2. The van der Waals surface area contributed by atoms with Crippen LogP contribution in [0.3, 0.4) is 0 Å². The van der Waals surface area contributed by atoms with Crippen LogP contribution in [0.1, 0.15) is 77.1 Å². The van der Waals surface area contributed by atoms with Crippen molar-refractivity contribution in [2.24, 2.45) is 9.98 Å². The Morgan fingerprint density at radius 3 is 1.47 bits per heavy atom. The normalized spacial score (nSPS) is 11.9. The van der Waals surface area contributed by atoms with E-state index in [0.29, 0.717) is 0 Å². The maximum absolute atomic E-state index is 5.29. The minimum absolute atomic E-state index is 0.869. The van der Waals surface area contributed by atoms with Gasteiger partial charge in [0.1, 0.15) is 0 Å². The summed E-state index contributed by atoms with van der Waals surface area (Å²) in [6.07, 6.45) is 5.16. The van der Waals surface area contributed by atoms with Crippen LogP contribution >= 0.6 is 28.5 Å². The number of aliphatic imine (C=N–C) groups is 2. The molecule has 2 nitrogen and oxygen atoms in total. The van der Waals surface area contributed by atoms with E-state index in [1.807, 2.05) is 0 Å². The van der Waals surface area contributed by atoms with Crippen LogP contribution in [0.15, 0.2) is 58.5 Å². The first-order valence-electron chi connectivity index (χ1n) is 13.3. The molecule has 0 spiro atoms. The maximum atomic E-state index is 5.29. The second kappa shape index (κ2) is 16.5. The van der Waals surface area contributed by atoms with Gasteiger partial charge in [-0.05, 0) is 108 Å². The van der Waals surface area contributed by atoms with Crippen molar-refractivity contribution in [3.05, 3.63) is 93.0 Å². The van der Waals surface area contributed by atoms with E-state index in [2.05, 4.69) is 132 Å². The molecular weight excluding hydrogens is 643 g/mol. The van der Waals surface area contributed by atoms with Crippen molar-refractivity contribution in [1.29, 1.82) is 0 Å². The number of aryl methyl sites for hydroxylation is 8. The van der Waals surface area contributed by atoms with Crippen molar-refractivity contribution in [3.8, 4) is 0 Å². The Labute approximate surface area is 251 Å². The summed E-state index contributed by atoms with van der Waals surface area (Å²) in [6.45, 7) is 17.3. The fourth-order valence-electron chi connectivity index (χ4n) is 4.96. The van der Waals surface area contributed by atoms with Gasteiger partial charge in [-0.25, -0.2) is 0 Å². The molecule has 0 aliphatic heterocycles. The molecule has 0 N–H and O–H groups in total. The predicted molar refractivity (Wildman–Crippen MR) is 172 cm³/mol. The summed E-state index contributed by atoms with van der Waals surface area (Å²) >= 11 is 6.00. The van der Waals surface area contributed by atoms with Crippen LogP contribution in [0.2, 0.25) is 0 Å². The molecule has 3 aromatic rings. The first kappa shape index (κ1) is 32.7. The zero-order chi connectivity index (χ0) is 28.2. The molecule has 38 heavy (non-hydrogen) atoms. The Kier molecular flexibility index (Phi) is 14.2. The van der Waals surface area contributed by atoms with E-state index in [4.69, 9.17) is 9.98 Å². The standard InChI is InChI=1S/C33H42N2.2BrH.Ni/c1-9-30(34-32-25(5)18-23(3)19-26(32)6)31(35-33-27(7)20-24(4)21-28(33)8)13-11-10-12-29-16-14-22(2)15-17-29;;;/h14-21H,9-13H2,1-8H3;2*1H;/q;;;+2/p-2. The summed E-state index contributed by atoms with van der Waals surface area (Å²) in [5.74, 6) is 0. The molecule has 0 saturated carbocycles. The Morgan fingerprint density at radius 1 is 0.632 bits per heavy atom. The zero-order valence-electron chi connectivity index (χ0n) is 24.1. The van der Waals surface area contributed by atoms with Crippen molar-refractivity contribution in [2.45, 2.75) is 87.5 Å². The quantitative estimate of drug-likeness (QED) is 0.122. The van der Waals surface area contributed by atoms with Crippen molar-refractivity contribution in [2.75, 3.05) is 0 Å². The SMILES string of the molecule is CCC(=Nc1c(C)cc(C)cc1C)C(CCCCc1ccc(C)cc1)=Nc1c(C)cc(C)cc1C.[Br][Ni][Br]. The zero-order valence-corrected chi connectivity index (χ0v) is 28.3. The van der Waals surface area contributed by atoms with E-state index in [-0.39, 0.29) is 0 Å². The second-order valence-electron chi connectivity index (χ2n) is 10.2. The number of rotatable bonds is 9. The van der Waals surface area contributed by atoms with Gasteiger partial charge in [-0.1, -0.05) is 72.1 Å². The summed E-state index contributed by atoms with van der Waals surface area (Å²) < 4.78 is 0. The molecule has 0 unspecified atom stereocenters. The van der Waals surface area contributed by atoms with Gasteiger partial charge >= 0.3 is 39.3 Å². The number of hydrogen-bond acceptors (Lipinski definition) is 2. The van der Waals surface area contributed by atoms with E-state index in [1.165, 1.54) is 55.4 Å². The van der Waals surface area contributed by atoms with Crippen LogP contribution < -0.4 is 0 Å². The molecule has 0 heterocycles. The molecule has 0 fully saturated rings. The molecule has 0 amide bonds. The molecule has 0 aliphatic carbocycles. The van der Waals surface area contributed by atoms with Gasteiger partial charge in [0.25, 0.3) is 0 Å². The van der Waals surface area contributed by atoms with E-state index >= 15 is 0 Å². The van der Waals surface area contributed by atoms with Gasteiger partial charge < -0.3 is 0 Å². The fourth-order valence-corrected chi connectivity index (χ4v) is 4.96. The Balaban J connectivity index is 0.00000161. The first-order chi connectivity index (χ1) is 18.1. The molecular formula is C33H42Br2N2Ni. The summed E-state index contributed by atoms with van der Waals surface area (Å²) in [4.78, 5) is 10.5. The topological polar surface area (TPSA) is 24.7 Å². The molecule has 0 aliphatic rings. The van der Waals surface area contributed by atoms with Gasteiger partial charge in [0, 0.05) is 0 Å². The van der Waals surface area contributed by atoms with Crippen LogP contribution in [0, 0.1) is 48.5 Å². The van der Waals surface area contributed by atoms with Crippen molar-refractivity contribution in [1.82, 2.24) is 0 Å². The minimum atomic E-state index is 0.869. The van der Waals surface area contributed by atoms with Crippen molar-refractivity contribution < 1.29 is 10.9 Å². The summed E-state index contributed by atoms with van der Waals surface area (Å²) in [7, 11) is 1.25. The molecule has 0 atom stereocenters. The van der Waals surface area contributed by atoms with Gasteiger partial charge in [0.15, 0.2) is 0 Å². The van der Waals surface area contributed by atoms with Crippen LogP contribution in [-0.4, -0.2) is 11.4 Å². The van der Waals surface area contributed by atoms with Gasteiger partial charge in [-0.3, -0.25) is 9.98 Å². The average Bonchev–Trinajstić information content (AvgIpc) is 2.84. The molecule has 0 radical (unpaired) electrons.